The Morgan fingerprint density at radius 3 is 2.69 bits per heavy atom. The number of aromatic nitrogens is 2. The molecule has 0 amide bonds. The molecule has 2 rings (SSSR count). The second kappa shape index (κ2) is 4.49. The van der Waals surface area contributed by atoms with Crippen molar-refractivity contribution < 1.29 is 0 Å². The van der Waals surface area contributed by atoms with Gasteiger partial charge in [0, 0.05) is 23.7 Å². The summed E-state index contributed by atoms with van der Waals surface area (Å²) in [5, 5.41) is 0.212. The van der Waals surface area contributed by atoms with Crippen molar-refractivity contribution in [3.8, 4) is 11.1 Å². The summed E-state index contributed by atoms with van der Waals surface area (Å²) in [6.07, 6.45) is 4.19. The molecule has 0 saturated heterocycles. The van der Waals surface area contributed by atoms with Crippen molar-refractivity contribution in [2.45, 2.75) is 13.3 Å². The van der Waals surface area contributed by atoms with E-state index in [0.29, 0.717) is 0 Å². The van der Waals surface area contributed by atoms with Crippen LogP contribution in [0.2, 0.25) is 5.02 Å². The van der Waals surface area contributed by atoms with Crippen molar-refractivity contribution in [2.75, 3.05) is 0 Å². The van der Waals surface area contributed by atoms with Gasteiger partial charge in [-0.1, -0.05) is 18.5 Å². The van der Waals surface area contributed by atoms with Gasteiger partial charge in [-0.2, -0.15) is 0 Å². The van der Waals surface area contributed by atoms with Crippen molar-refractivity contribution in [2.24, 2.45) is 0 Å². The predicted molar refractivity (Wildman–Crippen MR) is 64.7 cm³/mol. The van der Waals surface area contributed by atoms with Gasteiger partial charge < -0.3 is 4.98 Å². The molecule has 3 nitrogen and oxygen atoms in total. The Hall–Kier alpha value is -1.61. The standard InChI is InChI=1S/C12H11ClN2O/c1-2-11-9(7-10(13)12(16)15-11)8-3-5-14-6-4-8/h3-7H,2H2,1H3,(H,15,16). The van der Waals surface area contributed by atoms with Gasteiger partial charge >= 0.3 is 0 Å². The third kappa shape index (κ3) is 1.99. The molecular formula is C12H11ClN2O. The molecule has 82 valence electrons. The predicted octanol–water partition coefficient (Wildman–Crippen LogP) is 2.65. The Kier molecular flexibility index (Phi) is 3.06. The highest BCUT2D eigenvalue weighted by atomic mass is 35.5. The number of nitrogens with zero attached hydrogens (tertiary/aromatic N) is 1. The molecule has 0 atom stereocenters. The van der Waals surface area contributed by atoms with Gasteiger partial charge in [-0.15, -0.1) is 0 Å². The van der Waals surface area contributed by atoms with Crippen LogP contribution >= 0.6 is 11.6 Å². The number of aryl methyl sites for hydroxylation is 1. The van der Waals surface area contributed by atoms with Gasteiger partial charge in [0.2, 0.25) is 0 Å². The van der Waals surface area contributed by atoms with E-state index in [9.17, 15) is 4.79 Å². The Bertz CT molecular complexity index is 549. The molecule has 0 fully saturated rings. The number of aromatic amines is 1. The molecule has 0 radical (unpaired) electrons. The smallest absolute Gasteiger partial charge is 0.266 e. The first-order valence-electron chi connectivity index (χ1n) is 5.04. The average molecular weight is 235 g/mol. The second-order valence-electron chi connectivity index (χ2n) is 3.43. The third-order valence-corrected chi connectivity index (χ3v) is 2.70. The van der Waals surface area contributed by atoms with Crippen LogP contribution < -0.4 is 5.56 Å². The zero-order valence-corrected chi connectivity index (χ0v) is 9.58. The van der Waals surface area contributed by atoms with Crippen LogP contribution in [0.1, 0.15) is 12.6 Å². The molecule has 0 unspecified atom stereocenters. The summed E-state index contributed by atoms with van der Waals surface area (Å²) in [6, 6.07) is 5.49. The van der Waals surface area contributed by atoms with Crippen molar-refractivity contribution >= 4 is 11.6 Å². The summed E-state index contributed by atoms with van der Waals surface area (Å²) in [6.45, 7) is 1.99. The minimum absolute atomic E-state index is 0.212. The summed E-state index contributed by atoms with van der Waals surface area (Å²) in [5.41, 5.74) is 2.61. The quantitative estimate of drug-likeness (QED) is 0.868. The van der Waals surface area contributed by atoms with Gasteiger partial charge in [0.05, 0.1) is 0 Å². The molecule has 0 spiro atoms. The SMILES string of the molecule is CCc1[nH]c(=O)c(Cl)cc1-c1ccncc1. The zero-order valence-electron chi connectivity index (χ0n) is 8.83. The molecule has 1 N–H and O–H groups in total. The zero-order chi connectivity index (χ0) is 11.5. The minimum atomic E-state index is -0.240. The largest absolute Gasteiger partial charge is 0.324 e. The van der Waals surface area contributed by atoms with Gasteiger partial charge in [-0.3, -0.25) is 9.78 Å². The summed E-state index contributed by atoms with van der Waals surface area (Å²) in [7, 11) is 0. The minimum Gasteiger partial charge on any atom is -0.324 e. The van der Waals surface area contributed by atoms with Crippen molar-refractivity contribution in [3.05, 3.63) is 51.7 Å². The van der Waals surface area contributed by atoms with E-state index in [-0.39, 0.29) is 10.6 Å². The number of halogens is 1. The van der Waals surface area contributed by atoms with Crippen LogP contribution in [0.4, 0.5) is 0 Å². The summed E-state index contributed by atoms with van der Waals surface area (Å²) in [5.74, 6) is 0. The fraction of sp³-hybridized carbons (Fsp3) is 0.167. The first kappa shape index (κ1) is 10.9. The maximum Gasteiger partial charge on any atom is 0.266 e. The highest BCUT2D eigenvalue weighted by molar-refractivity contribution is 6.30. The van der Waals surface area contributed by atoms with Crippen LogP contribution in [0.5, 0.6) is 0 Å². The van der Waals surface area contributed by atoms with Crippen molar-refractivity contribution in [1.82, 2.24) is 9.97 Å². The molecule has 4 heteroatoms. The van der Waals surface area contributed by atoms with Gasteiger partial charge in [-0.25, -0.2) is 0 Å². The summed E-state index contributed by atoms with van der Waals surface area (Å²) >= 11 is 5.83. The molecular weight excluding hydrogens is 224 g/mol. The van der Waals surface area contributed by atoms with Gasteiger partial charge in [0.25, 0.3) is 5.56 Å². The molecule has 2 aromatic rings. The van der Waals surface area contributed by atoms with Crippen LogP contribution in [-0.2, 0) is 6.42 Å². The van der Waals surface area contributed by atoms with Crippen LogP contribution in [0.15, 0.2) is 35.4 Å². The number of rotatable bonds is 2. The Balaban J connectivity index is 2.65. The van der Waals surface area contributed by atoms with Crippen molar-refractivity contribution in [3.63, 3.8) is 0 Å². The Morgan fingerprint density at radius 2 is 2.06 bits per heavy atom. The third-order valence-electron chi connectivity index (χ3n) is 2.42. The lowest BCUT2D eigenvalue weighted by atomic mass is 10.0. The number of hydrogen-bond donors (Lipinski definition) is 1. The fourth-order valence-corrected chi connectivity index (χ4v) is 1.77. The first-order valence-corrected chi connectivity index (χ1v) is 5.42. The molecule has 0 bridgehead atoms. The summed E-state index contributed by atoms with van der Waals surface area (Å²) < 4.78 is 0. The monoisotopic (exact) mass is 234 g/mol. The Morgan fingerprint density at radius 1 is 1.38 bits per heavy atom. The van der Waals surface area contributed by atoms with E-state index in [1.807, 2.05) is 19.1 Å². The van der Waals surface area contributed by atoms with Gasteiger partial charge in [-0.05, 0) is 30.2 Å². The first-order chi connectivity index (χ1) is 7.72. The van der Waals surface area contributed by atoms with Crippen molar-refractivity contribution in [1.29, 1.82) is 0 Å². The average Bonchev–Trinajstić information content (AvgIpc) is 2.33. The topological polar surface area (TPSA) is 45.8 Å². The second-order valence-corrected chi connectivity index (χ2v) is 3.84. The highest BCUT2D eigenvalue weighted by Gasteiger charge is 2.07. The van der Waals surface area contributed by atoms with E-state index in [0.717, 1.165) is 23.2 Å². The molecule has 2 heterocycles. The van der Waals surface area contributed by atoms with Gasteiger partial charge in [0.1, 0.15) is 5.02 Å². The number of pyridine rings is 2. The van der Waals surface area contributed by atoms with Gasteiger partial charge in [0.15, 0.2) is 0 Å². The van der Waals surface area contributed by atoms with E-state index < -0.39 is 0 Å². The van der Waals surface area contributed by atoms with E-state index in [2.05, 4.69) is 9.97 Å². The van der Waals surface area contributed by atoms with Crippen LogP contribution in [0, 0.1) is 0 Å². The molecule has 0 aliphatic carbocycles. The van der Waals surface area contributed by atoms with E-state index in [1.165, 1.54) is 0 Å². The van der Waals surface area contributed by atoms with Crippen LogP contribution in [0.25, 0.3) is 11.1 Å². The van der Waals surface area contributed by atoms with Crippen LogP contribution in [0.3, 0.4) is 0 Å². The number of hydrogen-bond acceptors (Lipinski definition) is 2. The Labute approximate surface area is 98.1 Å². The number of H-pyrrole nitrogens is 1. The summed E-state index contributed by atoms with van der Waals surface area (Å²) in [4.78, 5) is 18.1. The van der Waals surface area contributed by atoms with Crippen LogP contribution in [-0.4, -0.2) is 9.97 Å². The molecule has 0 saturated carbocycles. The molecule has 0 aromatic carbocycles. The highest BCUT2D eigenvalue weighted by Crippen LogP contribution is 2.23. The van der Waals surface area contributed by atoms with E-state index in [4.69, 9.17) is 11.6 Å². The van der Waals surface area contributed by atoms with E-state index >= 15 is 0 Å². The molecule has 2 aromatic heterocycles. The number of nitrogens with one attached hydrogen (secondary N) is 1. The van der Waals surface area contributed by atoms with E-state index in [1.54, 1.807) is 18.5 Å². The normalized spacial score (nSPS) is 10.4. The molecule has 0 aliphatic heterocycles. The fourth-order valence-electron chi connectivity index (χ4n) is 1.61. The lowest BCUT2D eigenvalue weighted by Crippen LogP contribution is -2.10. The lowest BCUT2D eigenvalue weighted by molar-refractivity contribution is 1.02. The molecule has 0 aliphatic rings. The lowest BCUT2D eigenvalue weighted by Gasteiger charge is -2.07. The maximum absolute atomic E-state index is 11.4. The maximum atomic E-state index is 11.4. The molecule has 16 heavy (non-hydrogen) atoms.